The highest BCUT2D eigenvalue weighted by Gasteiger charge is 2.38. The van der Waals surface area contributed by atoms with Gasteiger partial charge in [-0.05, 0) is 26.8 Å². The molecule has 0 unspecified atom stereocenters. The summed E-state index contributed by atoms with van der Waals surface area (Å²) in [6.45, 7) is 5.19. The zero-order chi connectivity index (χ0) is 19.1. The number of carbonyl (C=O) groups is 1. The van der Waals surface area contributed by atoms with Crippen molar-refractivity contribution < 1.29 is 18.6 Å². The van der Waals surface area contributed by atoms with E-state index in [2.05, 4.69) is 25.9 Å². The zero-order valence-electron chi connectivity index (χ0n) is 14.6. The van der Waals surface area contributed by atoms with Gasteiger partial charge in [-0.3, -0.25) is 18.9 Å². The Labute approximate surface area is 161 Å². The standard InChI is InChI=1S/C18H19BrN2O4S/c1-18(2,3)17(22)25-15-14-13(20-8-9-21-14)10-26(23,24)16(15)11-6-4-5-7-12(11)19/h4-9,23-24H,10H2,1-3H3. The Morgan fingerprint density at radius 2 is 1.85 bits per heavy atom. The van der Waals surface area contributed by atoms with Crippen LogP contribution in [0.4, 0.5) is 0 Å². The van der Waals surface area contributed by atoms with Crippen LogP contribution in [0.2, 0.25) is 0 Å². The average Bonchev–Trinajstić information content (AvgIpc) is 2.54. The van der Waals surface area contributed by atoms with E-state index in [0.717, 1.165) is 0 Å². The van der Waals surface area contributed by atoms with Crippen LogP contribution in [0.1, 0.15) is 37.7 Å². The molecule has 0 saturated carbocycles. The molecule has 0 saturated heterocycles. The van der Waals surface area contributed by atoms with Gasteiger partial charge >= 0.3 is 5.97 Å². The minimum atomic E-state index is -3.28. The van der Waals surface area contributed by atoms with Gasteiger partial charge in [0, 0.05) is 22.4 Å². The van der Waals surface area contributed by atoms with Gasteiger partial charge in [0.2, 0.25) is 0 Å². The summed E-state index contributed by atoms with van der Waals surface area (Å²) < 4.78 is 28.0. The largest absolute Gasteiger partial charge is 0.422 e. The maximum absolute atomic E-state index is 12.5. The van der Waals surface area contributed by atoms with E-state index in [1.54, 1.807) is 39.0 Å². The molecule has 2 heterocycles. The van der Waals surface area contributed by atoms with Gasteiger partial charge in [0.1, 0.15) is 10.6 Å². The van der Waals surface area contributed by atoms with E-state index in [-0.39, 0.29) is 16.4 Å². The molecule has 3 rings (SSSR count). The first-order valence-electron chi connectivity index (χ1n) is 7.89. The van der Waals surface area contributed by atoms with Gasteiger partial charge in [0.15, 0.2) is 5.76 Å². The van der Waals surface area contributed by atoms with Crippen molar-refractivity contribution in [2.45, 2.75) is 26.5 Å². The highest BCUT2D eigenvalue weighted by atomic mass is 79.9. The topological polar surface area (TPSA) is 92.5 Å². The Morgan fingerprint density at radius 1 is 1.19 bits per heavy atom. The number of carbonyl (C=O) groups excluding carboxylic acids is 1. The molecule has 2 aromatic rings. The van der Waals surface area contributed by atoms with Crippen LogP contribution in [0, 0.1) is 5.41 Å². The van der Waals surface area contributed by atoms with E-state index >= 15 is 0 Å². The lowest BCUT2D eigenvalue weighted by atomic mass is 9.97. The number of benzene rings is 1. The normalized spacial score (nSPS) is 17.5. The minimum Gasteiger partial charge on any atom is -0.422 e. The SMILES string of the molecule is CC(C)(C)C(=O)OC1=C(c2ccccc2Br)S(O)(O)Cc2nccnc21. The number of fused-ring (bicyclic) bond motifs is 1. The Bertz CT molecular complexity index is 906. The molecule has 0 amide bonds. The number of hydrogen-bond acceptors (Lipinski definition) is 6. The van der Waals surface area contributed by atoms with Crippen molar-refractivity contribution in [2.24, 2.45) is 5.41 Å². The molecule has 0 aliphatic carbocycles. The molecular formula is C18H19BrN2O4S. The summed E-state index contributed by atoms with van der Waals surface area (Å²) in [4.78, 5) is 21.2. The molecule has 1 aromatic carbocycles. The van der Waals surface area contributed by atoms with Crippen LogP contribution in [-0.4, -0.2) is 25.0 Å². The van der Waals surface area contributed by atoms with E-state index in [0.29, 0.717) is 21.4 Å². The molecule has 26 heavy (non-hydrogen) atoms. The average molecular weight is 439 g/mol. The van der Waals surface area contributed by atoms with E-state index in [9.17, 15) is 13.9 Å². The predicted molar refractivity (Wildman–Crippen MR) is 105 cm³/mol. The minimum absolute atomic E-state index is 0.0474. The summed E-state index contributed by atoms with van der Waals surface area (Å²) in [6, 6.07) is 7.11. The van der Waals surface area contributed by atoms with Gasteiger partial charge in [-0.2, -0.15) is 10.6 Å². The number of nitrogens with zero attached hydrogens (tertiary/aromatic N) is 2. The van der Waals surface area contributed by atoms with Gasteiger partial charge in [0.05, 0.1) is 16.9 Å². The molecule has 6 nitrogen and oxygen atoms in total. The summed E-state index contributed by atoms with van der Waals surface area (Å²) >= 11 is 3.44. The second-order valence-corrected chi connectivity index (χ2v) is 9.83. The van der Waals surface area contributed by atoms with Crippen molar-refractivity contribution in [3.8, 4) is 0 Å². The second kappa shape index (κ2) is 6.77. The first-order valence-corrected chi connectivity index (χ1v) is 10.4. The van der Waals surface area contributed by atoms with Crippen LogP contribution >= 0.6 is 26.5 Å². The van der Waals surface area contributed by atoms with Crippen LogP contribution in [0.5, 0.6) is 0 Å². The van der Waals surface area contributed by atoms with Gasteiger partial charge in [0.25, 0.3) is 0 Å². The van der Waals surface area contributed by atoms with E-state index < -0.39 is 22.0 Å². The summed E-state index contributed by atoms with van der Waals surface area (Å²) in [7, 11) is -3.28. The zero-order valence-corrected chi connectivity index (χ0v) is 17.0. The Hall–Kier alpha value is -1.74. The summed E-state index contributed by atoms with van der Waals surface area (Å²) in [5.74, 6) is -0.527. The maximum atomic E-state index is 12.5. The van der Waals surface area contributed by atoms with Crippen molar-refractivity contribution in [3.05, 3.63) is 58.1 Å². The van der Waals surface area contributed by atoms with E-state index in [1.807, 2.05) is 6.07 Å². The predicted octanol–water partition coefficient (Wildman–Crippen LogP) is 4.92. The molecule has 8 heteroatoms. The number of aromatic nitrogens is 2. The summed E-state index contributed by atoms with van der Waals surface area (Å²) in [6.07, 6.45) is 2.96. The molecule has 0 spiro atoms. The molecule has 0 radical (unpaired) electrons. The third-order valence-electron chi connectivity index (χ3n) is 3.79. The molecule has 0 bridgehead atoms. The highest BCUT2D eigenvalue weighted by Crippen LogP contribution is 2.62. The van der Waals surface area contributed by atoms with Crippen molar-refractivity contribution in [2.75, 3.05) is 0 Å². The van der Waals surface area contributed by atoms with Crippen LogP contribution < -0.4 is 0 Å². The summed E-state index contributed by atoms with van der Waals surface area (Å²) in [5.41, 5.74) is 0.511. The van der Waals surface area contributed by atoms with E-state index in [4.69, 9.17) is 4.74 Å². The Balaban J connectivity index is 2.29. The lowest BCUT2D eigenvalue weighted by Gasteiger charge is -2.39. The molecule has 0 fully saturated rings. The van der Waals surface area contributed by atoms with Gasteiger partial charge < -0.3 is 4.74 Å². The van der Waals surface area contributed by atoms with Crippen LogP contribution in [-0.2, 0) is 15.3 Å². The molecule has 138 valence electrons. The fraction of sp³-hybridized carbons (Fsp3) is 0.278. The molecular weight excluding hydrogens is 420 g/mol. The first kappa shape index (κ1) is 19.0. The lowest BCUT2D eigenvalue weighted by Crippen LogP contribution is -2.25. The third-order valence-corrected chi connectivity index (χ3v) is 6.21. The van der Waals surface area contributed by atoms with Crippen LogP contribution in [0.3, 0.4) is 0 Å². The lowest BCUT2D eigenvalue weighted by molar-refractivity contribution is -0.145. The smallest absolute Gasteiger partial charge is 0.316 e. The Kier molecular flexibility index (Phi) is 4.96. The van der Waals surface area contributed by atoms with Crippen molar-refractivity contribution in [1.29, 1.82) is 0 Å². The second-order valence-electron chi connectivity index (χ2n) is 6.94. The van der Waals surface area contributed by atoms with Gasteiger partial charge in [-0.1, -0.05) is 34.1 Å². The quantitative estimate of drug-likeness (QED) is 0.646. The van der Waals surface area contributed by atoms with Gasteiger partial charge in [-0.15, -0.1) is 0 Å². The number of hydrogen-bond donors (Lipinski definition) is 2. The van der Waals surface area contributed by atoms with Crippen molar-refractivity contribution >= 4 is 43.2 Å². The number of halogens is 1. The number of ether oxygens (including phenoxy) is 1. The molecule has 1 aliphatic heterocycles. The number of esters is 1. The van der Waals surface area contributed by atoms with Gasteiger partial charge in [-0.25, -0.2) is 4.98 Å². The van der Waals surface area contributed by atoms with Crippen LogP contribution in [0.25, 0.3) is 10.7 Å². The molecule has 0 atom stereocenters. The fourth-order valence-corrected chi connectivity index (χ4v) is 4.78. The Morgan fingerprint density at radius 3 is 2.50 bits per heavy atom. The van der Waals surface area contributed by atoms with Crippen molar-refractivity contribution in [1.82, 2.24) is 9.97 Å². The third kappa shape index (κ3) is 3.55. The first-order chi connectivity index (χ1) is 12.1. The molecule has 1 aliphatic rings. The number of rotatable bonds is 2. The van der Waals surface area contributed by atoms with E-state index in [1.165, 1.54) is 12.4 Å². The van der Waals surface area contributed by atoms with Crippen molar-refractivity contribution in [3.63, 3.8) is 0 Å². The summed E-state index contributed by atoms with van der Waals surface area (Å²) in [5, 5.41) is 0. The monoisotopic (exact) mass is 438 g/mol. The van der Waals surface area contributed by atoms with Crippen LogP contribution in [0.15, 0.2) is 41.1 Å². The molecule has 2 N–H and O–H groups in total. The fourth-order valence-electron chi connectivity index (χ4n) is 2.47. The maximum Gasteiger partial charge on any atom is 0.316 e. The highest BCUT2D eigenvalue weighted by molar-refractivity contribution is 9.10. The molecule has 1 aromatic heterocycles.